The molecule has 1 unspecified atom stereocenters. The van der Waals surface area contributed by atoms with Crippen LogP contribution >= 0.6 is 0 Å². The minimum Gasteiger partial charge on any atom is -0.444 e. The quantitative estimate of drug-likeness (QED) is 0.939. The number of aliphatic hydroxyl groups excluding tert-OH is 1. The molecule has 0 aliphatic carbocycles. The highest BCUT2D eigenvalue weighted by molar-refractivity contribution is 5.53. The van der Waals surface area contributed by atoms with Gasteiger partial charge in [-0.2, -0.15) is 0 Å². The number of benzene rings is 1. The summed E-state index contributed by atoms with van der Waals surface area (Å²) in [4.78, 5) is 6.93. The van der Waals surface area contributed by atoms with Crippen molar-refractivity contribution in [1.82, 2.24) is 9.88 Å². The fraction of sp³-hybridized carbons (Fsp3) is 0.471. The molecule has 112 valence electrons. The van der Waals surface area contributed by atoms with Gasteiger partial charge in [0.15, 0.2) is 0 Å². The summed E-state index contributed by atoms with van der Waals surface area (Å²) < 4.78 is 5.60. The average Bonchev–Trinajstić information content (AvgIpc) is 2.96. The lowest BCUT2D eigenvalue weighted by Crippen LogP contribution is -2.36. The molecule has 4 heteroatoms. The molecule has 1 atom stereocenters. The lowest BCUT2D eigenvalue weighted by Gasteiger charge is -2.30. The lowest BCUT2D eigenvalue weighted by atomic mass is 9.99. The van der Waals surface area contributed by atoms with Crippen LogP contribution in [0.1, 0.15) is 24.1 Å². The van der Waals surface area contributed by atoms with Gasteiger partial charge in [0.1, 0.15) is 6.26 Å². The molecule has 0 amide bonds. The number of nitrogens with zero attached hydrogens (tertiary/aromatic N) is 2. The summed E-state index contributed by atoms with van der Waals surface area (Å²) in [7, 11) is 0. The molecule has 1 N–H and O–H groups in total. The average molecular weight is 286 g/mol. The smallest absolute Gasteiger partial charge is 0.226 e. The monoisotopic (exact) mass is 286 g/mol. The highest BCUT2D eigenvalue weighted by atomic mass is 16.3. The van der Waals surface area contributed by atoms with E-state index in [4.69, 9.17) is 4.42 Å². The van der Waals surface area contributed by atoms with Gasteiger partial charge < -0.3 is 9.52 Å². The second-order valence-electron chi connectivity index (χ2n) is 5.94. The summed E-state index contributed by atoms with van der Waals surface area (Å²) >= 11 is 0. The van der Waals surface area contributed by atoms with Crippen LogP contribution in [0.5, 0.6) is 0 Å². The van der Waals surface area contributed by atoms with Crippen LogP contribution in [0.4, 0.5) is 0 Å². The van der Waals surface area contributed by atoms with Crippen molar-refractivity contribution in [3.05, 3.63) is 41.8 Å². The molecule has 1 fully saturated rings. The number of hydrogen-bond acceptors (Lipinski definition) is 4. The Labute approximate surface area is 125 Å². The molecular weight excluding hydrogens is 264 g/mol. The van der Waals surface area contributed by atoms with Crippen LogP contribution in [0.3, 0.4) is 0 Å². The Morgan fingerprint density at radius 1 is 1.33 bits per heavy atom. The predicted molar refractivity (Wildman–Crippen MR) is 81.8 cm³/mol. The van der Waals surface area contributed by atoms with E-state index in [1.165, 1.54) is 5.56 Å². The van der Waals surface area contributed by atoms with Gasteiger partial charge >= 0.3 is 0 Å². The van der Waals surface area contributed by atoms with E-state index < -0.39 is 0 Å². The largest absolute Gasteiger partial charge is 0.444 e. The second-order valence-corrected chi connectivity index (χ2v) is 5.94. The Hall–Kier alpha value is -1.65. The number of rotatable bonds is 4. The fourth-order valence-electron chi connectivity index (χ4n) is 2.88. The van der Waals surface area contributed by atoms with E-state index in [9.17, 15) is 5.11 Å². The summed E-state index contributed by atoms with van der Waals surface area (Å²) in [6, 6.07) is 8.20. The van der Waals surface area contributed by atoms with Crippen LogP contribution in [0.15, 0.2) is 34.9 Å². The van der Waals surface area contributed by atoms with Gasteiger partial charge in [0, 0.05) is 25.3 Å². The summed E-state index contributed by atoms with van der Waals surface area (Å²) in [5.74, 6) is 1.09. The van der Waals surface area contributed by atoms with Gasteiger partial charge in [0.25, 0.3) is 0 Å². The first-order valence-corrected chi connectivity index (χ1v) is 7.59. The molecule has 1 aliphatic rings. The molecule has 3 rings (SSSR count). The van der Waals surface area contributed by atoms with Crippen molar-refractivity contribution in [2.24, 2.45) is 5.92 Å². The molecule has 0 radical (unpaired) electrons. The van der Waals surface area contributed by atoms with Crippen molar-refractivity contribution in [1.29, 1.82) is 0 Å². The highest BCUT2D eigenvalue weighted by Crippen LogP contribution is 2.21. The Bertz CT molecular complexity index is 577. The molecule has 1 aromatic heterocycles. The number of hydrogen-bond donors (Lipinski definition) is 1. The van der Waals surface area contributed by atoms with Crippen molar-refractivity contribution in [3.63, 3.8) is 0 Å². The van der Waals surface area contributed by atoms with Crippen molar-refractivity contribution in [3.8, 4) is 11.5 Å². The van der Waals surface area contributed by atoms with Gasteiger partial charge in [0.05, 0.1) is 5.69 Å². The molecule has 1 aromatic carbocycles. The lowest BCUT2D eigenvalue weighted by molar-refractivity contribution is 0.115. The number of aliphatic hydroxyl groups is 1. The van der Waals surface area contributed by atoms with E-state index >= 15 is 0 Å². The van der Waals surface area contributed by atoms with Crippen molar-refractivity contribution in [2.45, 2.75) is 26.3 Å². The molecule has 1 aliphatic heterocycles. The maximum absolute atomic E-state index is 9.29. The van der Waals surface area contributed by atoms with Crippen LogP contribution < -0.4 is 0 Å². The standard InChI is InChI=1S/C17H22N2O2/c1-13-4-6-15(7-5-13)17-18-16(12-21-17)10-19-8-2-3-14(9-19)11-20/h4-7,12,14,20H,2-3,8-11H2,1H3. The zero-order valence-electron chi connectivity index (χ0n) is 12.5. The Morgan fingerprint density at radius 3 is 2.90 bits per heavy atom. The number of likely N-dealkylation sites (tertiary alicyclic amines) is 1. The number of aromatic nitrogens is 1. The molecule has 4 nitrogen and oxygen atoms in total. The van der Waals surface area contributed by atoms with Crippen molar-refractivity contribution >= 4 is 0 Å². The van der Waals surface area contributed by atoms with E-state index in [2.05, 4.69) is 28.9 Å². The maximum Gasteiger partial charge on any atom is 0.226 e. The Morgan fingerprint density at radius 2 is 2.14 bits per heavy atom. The summed E-state index contributed by atoms with van der Waals surface area (Å²) in [6.07, 6.45) is 4.02. The van der Waals surface area contributed by atoms with Gasteiger partial charge in [-0.05, 0) is 44.4 Å². The maximum atomic E-state index is 9.29. The zero-order chi connectivity index (χ0) is 14.7. The van der Waals surface area contributed by atoms with Crippen LogP contribution in [-0.2, 0) is 6.54 Å². The SMILES string of the molecule is Cc1ccc(-c2nc(CN3CCCC(CO)C3)co2)cc1. The van der Waals surface area contributed by atoms with Crippen LogP contribution in [0.25, 0.3) is 11.5 Å². The molecule has 0 saturated carbocycles. The second kappa shape index (κ2) is 6.41. The third-order valence-corrected chi connectivity index (χ3v) is 4.10. The van der Waals surface area contributed by atoms with Gasteiger partial charge in [0.2, 0.25) is 5.89 Å². The van der Waals surface area contributed by atoms with Crippen molar-refractivity contribution in [2.75, 3.05) is 19.7 Å². The number of oxazole rings is 1. The molecule has 0 spiro atoms. The van der Waals surface area contributed by atoms with Gasteiger partial charge in [-0.1, -0.05) is 17.7 Å². The molecular formula is C17H22N2O2. The number of piperidine rings is 1. The van der Waals surface area contributed by atoms with E-state index in [0.717, 1.165) is 43.7 Å². The van der Waals surface area contributed by atoms with Gasteiger partial charge in [-0.3, -0.25) is 4.90 Å². The summed E-state index contributed by atoms with van der Waals surface area (Å²) in [5, 5.41) is 9.29. The van der Waals surface area contributed by atoms with E-state index in [-0.39, 0.29) is 6.61 Å². The van der Waals surface area contributed by atoms with E-state index in [1.807, 2.05) is 12.1 Å². The summed E-state index contributed by atoms with van der Waals surface area (Å²) in [6.45, 7) is 5.17. The Balaban J connectivity index is 1.66. The first-order valence-electron chi connectivity index (χ1n) is 7.59. The zero-order valence-corrected chi connectivity index (χ0v) is 12.5. The van der Waals surface area contributed by atoms with Gasteiger partial charge in [-0.25, -0.2) is 4.98 Å². The van der Waals surface area contributed by atoms with E-state index in [0.29, 0.717) is 11.8 Å². The minimum atomic E-state index is 0.282. The van der Waals surface area contributed by atoms with Crippen LogP contribution in [-0.4, -0.2) is 34.7 Å². The predicted octanol–water partition coefficient (Wildman–Crippen LogP) is 2.85. The van der Waals surface area contributed by atoms with Crippen molar-refractivity contribution < 1.29 is 9.52 Å². The first kappa shape index (κ1) is 14.3. The molecule has 2 aromatic rings. The third-order valence-electron chi connectivity index (χ3n) is 4.10. The van der Waals surface area contributed by atoms with E-state index in [1.54, 1.807) is 6.26 Å². The number of aryl methyl sites for hydroxylation is 1. The van der Waals surface area contributed by atoms with Crippen LogP contribution in [0.2, 0.25) is 0 Å². The minimum absolute atomic E-state index is 0.282. The third kappa shape index (κ3) is 3.52. The molecule has 21 heavy (non-hydrogen) atoms. The summed E-state index contributed by atoms with van der Waals surface area (Å²) in [5.41, 5.74) is 3.21. The molecule has 0 bridgehead atoms. The fourth-order valence-corrected chi connectivity index (χ4v) is 2.88. The van der Waals surface area contributed by atoms with Crippen LogP contribution in [0, 0.1) is 12.8 Å². The topological polar surface area (TPSA) is 49.5 Å². The van der Waals surface area contributed by atoms with Gasteiger partial charge in [-0.15, -0.1) is 0 Å². The highest BCUT2D eigenvalue weighted by Gasteiger charge is 2.20. The first-order chi connectivity index (χ1) is 10.2. The Kier molecular flexibility index (Phi) is 4.36. The normalized spacial score (nSPS) is 19.8. The molecule has 1 saturated heterocycles. The molecule has 2 heterocycles.